The highest BCUT2D eigenvalue weighted by molar-refractivity contribution is 5.94. The number of amides is 1. The zero-order valence-electron chi connectivity index (χ0n) is 18.4. The monoisotopic (exact) mass is 435 g/mol. The summed E-state index contributed by atoms with van der Waals surface area (Å²) in [5, 5.41) is 3.10. The Morgan fingerprint density at radius 2 is 2.03 bits per heavy atom. The van der Waals surface area contributed by atoms with Crippen LogP contribution in [0.2, 0.25) is 0 Å². The van der Waals surface area contributed by atoms with E-state index in [1.807, 2.05) is 49.4 Å². The molecular weight excluding hydrogens is 406 g/mol. The number of para-hydroxylation sites is 2. The number of oxazole rings is 1. The molecule has 0 radical (unpaired) electrons. The van der Waals surface area contributed by atoms with Crippen molar-refractivity contribution in [2.24, 2.45) is 5.92 Å². The predicted molar refractivity (Wildman–Crippen MR) is 123 cm³/mol. The highest BCUT2D eigenvalue weighted by Gasteiger charge is 2.28. The Labute approximate surface area is 187 Å². The first kappa shape index (κ1) is 20.8. The minimum absolute atomic E-state index is 0.0352. The Bertz CT molecular complexity index is 1050. The second-order valence-electron chi connectivity index (χ2n) is 8.66. The molecule has 2 aliphatic rings. The van der Waals surface area contributed by atoms with E-state index in [-0.39, 0.29) is 17.9 Å². The van der Waals surface area contributed by atoms with Gasteiger partial charge >= 0.3 is 0 Å². The van der Waals surface area contributed by atoms with E-state index >= 15 is 0 Å². The van der Waals surface area contributed by atoms with E-state index in [2.05, 4.69) is 15.2 Å². The summed E-state index contributed by atoms with van der Waals surface area (Å²) in [6, 6.07) is 14.3. The smallest absolute Gasteiger partial charge is 0.298 e. The fourth-order valence-corrected chi connectivity index (χ4v) is 4.37. The summed E-state index contributed by atoms with van der Waals surface area (Å²) in [4.78, 5) is 19.7. The first-order valence-electron chi connectivity index (χ1n) is 11.4. The molecule has 1 atom stereocenters. The van der Waals surface area contributed by atoms with Crippen LogP contribution in [0.3, 0.4) is 0 Å². The Hall–Kier alpha value is -3.06. The molecule has 168 valence electrons. The standard InChI is InChI=1S/C25H29N3O4/c1-17-8-9-21(23(15-17)31-16-19-5-4-14-30-19)26-24(29)18-10-12-28(13-11-18)25-27-20-6-2-3-7-22(20)32-25/h2-3,6-9,15,18-19H,4-5,10-14,16H2,1H3,(H,26,29). The number of carbonyl (C=O) groups is 1. The molecule has 2 fully saturated rings. The maximum Gasteiger partial charge on any atom is 0.298 e. The molecule has 1 aromatic heterocycles. The quantitative estimate of drug-likeness (QED) is 0.612. The Kier molecular flexibility index (Phi) is 5.99. The zero-order valence-corrected chi connectivity index (χ0v) is 18.4. The van der Waals surface area contributed by atoms with Gasteiger partial charge in [0.25, 0.3) is 6.01 Å². The number of hydrogen-bond donors (Lipinski definition) is 1. The van der Waals surface area contributed by atoms with Gasteiger partial charge in [0.05, 0.1) is 11.8 Å². The maximum atomic E-state index is 13.0. The van der Waals surface area contributed by atoms with Gasteiger partial charge in [0, 0.05) is 25.6 Å². The number of aromatic nitrogens is 1. The van der Waals surface area contributed by atoms with Crippen LogP contribution in [0, 0.1) is 12.8 Å². The summed E-state index contributed by atoms with van der Waals surface area (Å²) in [5.41, 5.74) is 3.46. The summed E-state index contributed by atoms with van der Waals surface area (Å²) < 4.78 is 17.6. The molecule has 0 bridgehead atoms. The van der Waals surface area contributed by atoms with Gasteiger partial charge in [-0.3, -0.25) is 4.79 Å². The summed E-state index contributed by atoms with van der Waals surface area (Å²) in [7, 11) is 0. The summed E-state index contributed by atoms with van der Waals surface area (Å²) in [6.07, 6.45) is 3.74. The molecule has 0 spiro atoms. The van der Waals surface area contributed by atoms with E-state index < -0.39 is 0 Å². The van der Waals surface area contributed by atoms with E-state index in [0.717, 1.165) is 67.7 Å². The summed E-state index contributed by atoms with van der Waals surface area (Å²) in [6.45, 7) is 4.80. The molecular formula is C25H29N3O4. The highest BCUT2D eigenvalue weighted by Crippen LogP contribution is 2.30. The van der Waals surface area contributed by atoms with Gasteiger partial charge < -0.3 is 24.1 Å². The van der Waals surface area contributed by atoms with Crippen molar-refractivity contribution in [1.29, 1.82) is 0 Å². The molecule has 1 amide bonds. The van der Waals surface area contributed by atoms with Crippen LogP contribution >= 0.6 is 0 Å². The average molecular weight is 436 g/mol. The molecule has 3 heterocycles. The minimum atomic E-state index is -0.0528. The number of anilines is 2. The van der Waals surface area contributed by atoms with E-state index in [1.165, 1.54) is 0 Å². The molecule has 3 aromatic rings. The van der Waals surface area contributed by atoms with E-state index in [4.69, 9.17) is 13.9 Å². The topological polar surface area (TPSA) is 76.8 Å². The predicted octanol–water partition coefficient (Wildman–Crippen LogP) is 4.55. The summed E-state index contributed by atoms with van der Waals surface area (Å²) >= 11 is 0. The number of hydrogen-bond acceptors (Lipinski definition) is 6. The van der Waals surface area contributed by atoms with E-state index in [9.17, 15) is 4.79 Å². The number of fused-ring (bicyclic) bond motifs is 1. The van der Waals surface area contributed by atoms with Crippen LogP contribution in [-0.4, -0.2) is 43.3 Å². The Balaban J connectivity index is 1.19. The first-order valence-corrected chi connectivity index (χ1v) is 11.4. The molecule has 2 aliphatic heterocycles. The normalized spacial score (nSPS) is 19.4. The van der Waals surface area contributed by atoms with Crippen molar-refractivity contribution in [3.8, 4) is 5.75 Å². The summed E-state index contributed by atoms with van der Waals surface area (Å²) in [5.74, 6) is 0.689. The lowest BCUT2D eigenvalue weighted by Gasteiger charge is -2.30. The van der Waals surface area contributed by atoms with E-state index in [0.29, 0.717) is 18.4 Å². The molecule has 0 aliphatic carbocycles. The van der Waals surface area contributed by atoms with Crippen molar-refractivity contribution < 1.29 is 18.7 Å². The molecule has 1 unspecified atom stereocenters. The number of rotatable bonds is 6. The van der Waals surface area contributed by atoms with Gasteiger partial charge in [-0.1, -0.05) is 18.2 Å². The lowest BCUT2D eigenvalue weighted by molar-refractivity contribution is -0.120. The van der Waals surface area contributed by atoms with Crippen LogP contribution in [-0.2, 0) is 9.53 Å². The number of nitrogens with zero attached hydrogens (tertiary/aromatic N) is 2. The van der Waals surface area contributed by atoms with Gasteiger partial charge in [-0.2, -0.15) is 4.98 Å². The number of carbonyl (C=O) groups excluding carboxylic acids is 1. The number of nitrogens with one attached hydrogen (secondary N) is 1. The molecule has 0 saturated carbocycles. The fourth-order valence-electron chi connectivity index (χ4n) is 4.37. The van der Waals surface area contributed by atoms with Crippen LogP contribution in [0.5, 0.6) is 5.75 Å². The molecule has 7 heteroatoms. The van der Waals surface area contributed by atoms with Crippen molar-refractivity contribution in [2.45, 2.75) is 38.7 Å². The molecule has 2 saturated heterocycles. The van der Waals surface area contributed by atoms with Crippen molar-refractivity contribution in [2.75, 3.05) is 36.5 Å². The van der Waals surface area contributed by atoms with Crippen molar-refractivity contribution >= 4 is 28.7 Å². The third-order valence-electron chi connectivity index (χ3n) is 6.26. The van der Waals surface area contributed by atoms with Crippen molar-refractivity contribution in [3.63, 3.8) is 0 Å². The largest absolute Gasteiger partial charge is 0.489 e. The van der Waals surface area contributed by atoms with Gasteiger partial charge in [-0.05, 0) is 62.4 Å². The van der Waals surface area contributed by atoms with Crippen LogP contribution < -0.4 is 15.0 Å². The third kappa shape index (κ3) is 4.58. The van der Waals surface area contributed by atoms with Gasteiger partial charge in [-0.25, -0.2) is 0 Å². The van der Waals surface area contributed by atoms with Crippen LogP contribution in [0.25, 0.3) is 11.1 Å². The van der Waals surface area contributed by atoms with Crippen LogP contribution in [0.4, 0.5) is 11.7 Å². The number of piperidine rings is 1. The van der Waals surface area contributed by atoms with Gasteiger partial charge in [0.15, 0.2) is 5.58 Å². The Morgan fingerprint density at radius 3 is 2.81 bits per heavy atom. The van der Waals surface area contributed by atoms with Crippen LogP contribution in [0.1, 0.15) is 31.2 Å². The SMILES string of the molecule is Cc1ccc(NC(=O)C2CCN(c3nc4ccccc4o3)CC2)c(OCC2CCCO2)c1. The van der Waals surface area contributed by atoms with Gasteiger partial charge in [0.2, 0.25) is 5.91 Å². The highest BCUT2D eigenvalue weighted by atomic mass is 16.5. The Morgan fingerprint density at radius 1 is 1.19 bits per heavy atom. The maximum absolute atomic E-state index is 13.0. The number of ether oxygens (including phenoxy) is 2. The zero-order chi connectivity index (χ0) is 21.9. The lowest BCUT2D eigenvalue weighted by atomic mass is 9.96. The second kappa shape index (κ2) is 9.20. The van der Waals surface area contributed by atoms with Crippen molar-refractivity contribution in [1.82, 2.24) is 4.98 Å². The van der Waals surface area contributed by atoms with Gasteiger partial charge in [0.1, 0.15) is 17.9 Å². The molecule has 1 N–H and O–H groups in total. The molecule has 2 aromatic carbocycles. The number of aryl methyl sites for hydroxylation is 1. The first-order chi connectivity index (χ1) is 15.7. The van der Waals surface area contributed by atoms with E-state index in [1.54, 1.807) is 0 Å². The van der Waals surface area contributed by atoms with Gasteiger partial charge in [-0.15, -0.1) is 0 Å². The minimum Gasteiger partial charge on any atom is -0.489 e. The fraction of sp³-hybridized carbons (Fsp3) is 0.440. The second-order valence-corrected chi connectivity index (χ2v) is 8.66. The molecule has 32 heavy (non-hydrogen) atoms. The van der Waals surface area contributed by atoms with Crippen LogP contribution in [0.15, 0.2) is 46.9 Å². The lowest BCUT2D eigenvalue weighted by Crippen LogP contribution is -2.38. The third-order valence-corrected chi connectivity index (χ3v) is 6.26. The molecule has 7 nitrogen and oxygen atoms in total. The number of benzene rings is 2. The average Bonchev–Trinajstić information content (AvgIpc) is 3.49. The molecule has 5 rings (SSSR count). The van der Waals surface area contributed by atoms with Crippen molar-refractivity contribution in [3.05, 3.63) is 48.0 Å².